The van der Waals surface area contributed by atoms with Gasteiger partial charge in [0.2, 0.25) is 0 Å². The van der Waals surface area contributed by atoms with Crippen LogP contribution in [0.1, 0.15) is 15.9 Å². The summed E-state index contributed by atoms with van der Waals surface area (Å²) in [7, 11) is -4.16. The third-order valence-electron chi connectivity index (χ3n) is 4.82. The first-order chi connectivity index (χ1) is 16.1. The van der Waals surface area contributed by atoms with Gasteiger partial charge in [-0.15, -0.1) is 0 Å². The van der Waals surface area contributed by atoms with Crippen molar-refractivity contribution in [1.82, 2.24) is 10.2 Å². The molecule has 0 aliphatic heterocycles. The van der Waals surface area contributed by atoms with Crippen LogP contribution in [0.5, 0.6) is 0 Å². The number of hydrogen-bond donors (Lipinski definition) is 3. The van der Waals surface area contributed by atoms with Gasteiger partial charge >= 0.3 is 6.18 Å². The van der Waals surface area contributed by atoms with Crippen molar-refractivity contribution in [3.63, 3.8) is 0 Å². The van der Waals surface area contributed by atoms with Crippen molar-refractivity contribution in [2.24, 2.45) is 0 Å². The van der Waals surface area contributed by atoms with Crippen LogP contribution in [0.15, 0.2) is 90.0 Å². The number of anilines is 2. The highest BCUT2D eigenvalue weighted by Gasteiger charge is 2.30. The van der Waals surface area contributed by atoms with Crippen LogP contribution in [-0.4, -0.2) is 24.5 Å². The van der Waals surface area contributed by atoms with Gasteiger partial charge in [-0.1, -0.05) is 18.2 Å². The Morgan fingerprint density at radius 2 is 1.59 bits per heavy atom. The molecule has 174 valence electrons. The van der Waals surface area contributed by atoms with Crippen molar-refractivity contribution in [2.75, 3.05) is 10.0 Å². The van der Waals surface area contributed by atoms with Gasteiger partial charge in [-0.05, 0) is 66.2 Å². The van der Waals surface area contributed by atoms with E-state index in [1.54, 1.807) is 30.5 Å². The monoisotopic (exact) mass is 486 g/mol. The molecule has 4 rings (SSSR count). The van der Waals surface area contributed by atoms with Crippen LogP contribution in [0.25, 0.3) is 11.3 Å². The molecule has 1 amide bonds. The Morgan fingerprint density at radius 1 is 0.882 bits per heavy atom. The summed E-state index contributed by atoms with van der Waals surface area (Å²) in [5, 5.41) is 9.44. The fourth-order valence-corrected chi connectivity index (χ4v) is 4.16. The maximum Gasteiger partial charge on any atom is 0.416 e. The molecule has 0 saturated carbocycles. The molecule has 0 aliphatic carbocycles. The highest BCUT2D eigenvalue weighted by Crippen LogP contribution is 2.31. The van der Waals surface area contributed by atoms with Crippen LogP contribution in [0.4, 0.5) is 24.5 Å². The smallest absolute Gasteiger partial charge is 0.322 e. The van der Waals surface area contributed by atoms with Crippen molar-refractivity contribution in [1.29, 1.82) is 0 Å². The second kappa shape index (κ2) is 9.02. The molecule has 0 spiro atoms. The van der Waals surface area contributed by atoms with Crippen molar-refractivity contribution < 1.29 is 26.4 Å². The molecule has 11 heteroatoms. The minimum absolute atomic E-state index is 0.203. The predicted molar refractivity (Wildman–Crippen MR) is 121 cm³/mol. The van der Waals surface area contributed by atoms with Crippen molar-refractivity contribution in [3.8, 4) is 11.3 Å². The van der Waals surface area contributed by atoms with E-state index in [4.69, 9.17) is 0 Å². The quantitative estimate of drug-likeness (QED) is 0.351. The van der Waals surface area contributed by atoms with Crippen LogP contribution < -0.4 is 10.0 Å². The van der Waals surface area contributed by atoms with Gasteiger partial charge in [0.1, 0.15) is 0 Å². The molecule has 3 N–H and O–H groups in total. The summed E-state index contributed by atoms with van der Waals surface area (Å²) in [4.78, 5) is 12.3. The first kappa shape index (κ1) is 23.1. The van der Waals surface area contributed by atoms with E-state index in [-0.39, 0.29) is 16.1 Å². The lowest BCUT2D eigenvalue weighted by Gasteiger charge is -2.12. The molecule has 1 aromatic heterocycles. The first-order valence-electron chi connectivity index (χ1n) is 9.83. The van der Waals surface area contributed by atoms with E-state index in [2.05, 4.69) is 20.2 Å². The number of aromatic amines is 1. The van der Waals surface area contributed by atoms with Crippen molar-refractivity contribution in [2.45, 2.75) is 11.1 Å². The number of halogens is 3. The van der Waals surface area contributed by atoms with E-state index in [1.165, 1.54) is 30.3 Å². The summed E-state index contributed by atoms with van der Waals surface area (Å²) in [6.45, 7) is 0. The number of nitrogens with zero attached hydrogens (tertiary/aromatic N) is 1. The summed E-state index contributed by atoms with van der Waals surface area (Å²) in [6.07, 6.45) is -2.97. The van der Waals surface area contributed by atoms with Gasteiger partial charge in [0.15, 0.2) is 0 Å². The predicted octanol–water partition coefficient (Wildman–Crippen LogP) is 5.15. The lowest BCUT2D eigenvalue weighted by molar-refractivity contribution is -0.137. The molecule has 0 aliphatic rings. The normalized spacial score (nSPS) is 11.7. The van der Waals surface area contributed by atoms with Gasteiger partial charge < -0.3 is 5.32 Å². The number of carbonyl (C=O) groups is 1. The fourth-order valence-electron chi connectivity index (χ4n) is 3.11. The maximum absolute atomic E-state index is 12.9. The summed E-state index contributed by atoms with van der Waals surface area (Å²) in [5.74, 6) is -0.455. The van der Waals surface area contributed by atoms with Crippen molar-refractivity contribution in [3.05, 3.63) is 96.2 Å². The SMILES string of the molecule is O=C(Nc1ccc(-c2ccn[nH]2)cc1)c1ccc(S(=O)(=O)Nc2cccc(C(F)(F)F)c2)cc1. The Morgan fingerprint density at radius 3 is 2.21 bits per heavy atom. The molecule has 34 heavy (non-hydrogen) atoms. The summed E-state index contributed by atoms with van der Waals surface area (Å²) in [5.41, 5.74) is 1.26. The van der Waals surface area contributed by atoms with Gasteiger partial charge in [-0.3, -0.25) is 14.6 Å². The second-order valence-electron chi connectivity index (χ2n) is 7.21. The summed E-state index contributed by atoms with van der Waals surface area (Å²) < 4.78 is 65.8. The molecule has 0 fully saturated rings. The molecule has 3 aromatic carbocycles. The molecule has 4 aromatic rings. The van der Waals surface area contributed by atoms with Crippen LogP contribution in [-0.2, 0) is 16.2 Å². The second-order valence-corrected chi connectivity index (χ2v) is 8.89. The van der Waals surface area contributed by atoms with E-state index in [0.29, 0.717) is 11.8 Å². The molecule has 0 atom stereocenters. The lowest BCUT2D eigenvalue weighted by atomic mass is 10.1. The molecular weight excluding hydrogens is 469 g/mol. The highest BCUT2D eigenvalue weighted by atomic mass is 32.2. The van der Waals surface area contributed by atoms with E-state index in [1.807, 2.05) is 6.07 Å². The summed E-state index contributed by atoms with van der Waals surface area (Å²) in [6, 6.07) is 17.7. The average molecular weight is 486 g/mol. The number of amides is 1. The Hall–Kier alpha value is -4.12. The fraction of sp³-hybridized carbons (Fsp3) is 0.0435. The number of rotatable bonds is 6. The standard InChI is InChI=1S/C23H17F3N4O3S/c24-23(25,26)17-2-1-3-19(14-17)30-34(32,33)20-10-6-16(7-11-20)22(31)28-18-8-4-15(5-9-18)21-12-13-27-29-21/h1-14,30H,(H,27,29)(H,28,31). The minimum Gasteiger partial charge on any atom is -0.322 e. The van der Waals surface area contributed by atoms with Crippen LogP contribution >= 0.6 is 0 Å². The van der Waals surface area contributed by atoms with Crippen LogP contribution in [0, 0.1) is 0 Å². The first-order valence-corrected chi connectivity index (χ1v) is 11.3. The number of H-pyrrole nitrogens is 1. The zero-order valence-corrected chi connectivity index (χ0v) is 18.1. The largest absolute Gasteiger partial charge is 0.416 e. The van der Waals surface area contributed by atoms with Gasteiger partial charge in [-0.25, -0.2) is 8.42 Å². The number of aromatic nitrogens is 2. The highest BCUT2D eigenvalue weighted by molar-refractivity contribution is 7.92. The third-order valence-corrected chi connectivity index (χ3v) is 6.22. The van der Waals surface area contributed by atoms with Crippen LogP contribution in [0.2, 0.25) is 0 Å². The lowest BCUT2D eigenvalue weighted by Crippen LogP contribution is -2.15. The van der Waals surface area contributed by atoms with E-state index >= 15 is 0 Å². The molecule has 0 saturated heterocycles. The van der Waals surface area contributed by atoms with Gasteiger partial charge in [-0.2, -0.15) is 18.3 Å². The average Bonchev–Trinajstić information content (AvgIpc) is 3.34. The van der Waals surface area contributed by atoms with Crippen LogP contribution in [0.3, 0.4) is 0 Å². The number of sulfonamides is 1. The molecular formula is C23H17F3N4O3S. The third kappa shape index (κ3) is 5.26. The molecule has 7 nitrogen and oxygen atoms in total. The Bertz CT molecular complexity index is 1400. The number of nitrogens with one attached hydrogen (secondary N) is 3. The topological polar surface area (TPSA) is 104 Å². The summed E-state index contributed by atoms with van der Waals surface area (Å²) >= 11 is 0. The molecule has 0 unspecified atom stereocenters. The minimum atomic E-state index is -4.60. The zero-order chi connectivity index (χ0) is 24.3. The number of hydrogen-bond acceptors (Lipinski definition) is 4. The zero-order valence-electron chi connectivity index (χ0n) is 17.3. The number of carbonyl (C=O) groups excluding carboxylic acids is 1. The Balaban J connectivity index is 1.44. The van der Waals surface area contributed by atoms with Gasteiger partial charge in [0.25, 0.3) is 15.9 Å². The van der Waals surface area contributed by atoms with Gasteiger partial charge in [0, 0.05) is 23.1 Å². The Labute approximate surface area is 192 Å². The van der Waals surface area contributed by atoms with E-state index in [0.717, 1.165) is 23.4 Å². The van der Waals surface area contributed by atoms with E-state index < -0.39 is 27.7 Å². The number of benzene rings is 3. The molecule has 1 heterocycles. The molecule has 0 bridgehead atoms. The van der Waals surface area contributed by atoms with Crippen molar-refractivity contribution >= 4 is 27.3 Å². The van der Waals surface area contributed by atoms with Gasteiger partial charge in [0.05, 0.1) is 16.2 Å². The van der Waals surface area contributed by atoms with E-state index in [9.17, 15) is 26.4 Å². The molecule has 0 radical (unpaired) electrons. The maximum atomic E-state index is 12.9. The Kier molecular flexibility index (Phi) is 6.12. The number of alkyl halides is 3.